The molecular formula is C14H10ClFN4. The van der Waals surface area contributed by atoms with Crippen LogP contribution in [-0.2, 0) is 0 Å². The summed E-state index contributed by atoms with van der Waals surface area (Å²) in [5, 5.41) is 3.15. The van der Waals surface area contributed by atoms with Gasteiger partial charge in [0.25, 0.3) is 0 Å². The number of anilines is 3. The lowest BCUT2D eigenvalue weighted by molar-refractivity contribution is 0.632. The molecule has 0 amide bonds. The lowest BCUT2D eigenvalue weighted by Crippen LogP contribution is -2.03. The Labute approximate surface area is 119 Å². The predicted octanol–water partition coefficient (Wildman–Crippen LogP) is 3.75. The molecule has 20 heavy (non-hydrogen) atoms. The maximum absolute atomic E-state index is 13.7. The Bertz CT molecular complexity index is 791. The van der Waals surface area contributed by atoms with Crippen LogP contribution in [-0.4, -0.2) is 9.97 Å². The number of nitrogens with one attached hydrogen (secondary N) is 1. The zero-order valence-corrected chi connectivity index (χ0v) is 11.0. The van der Waals surface area contributed by atoms with Gasteiger partial charge in [0.05, 0.1) is 16.7 Å². The van der Waals surface area contributed by atoms with Crippen LogP contribution in [0.2, 0.25) is 5.02 Å². The highest BCUT2D eigenvalue weighted by Crippen LogP contribution is 2.25. The van der Waals surface area contributed by atoms with Gasteiger partial charge in [-0.05, 0) is 30.3 Å². The highest BCUT2D eigenvalue weighted by Gasteiger charge is 2.09. The van der Waals surface area contributed by atoms with E-state index < -0.39 is 5.82 Å². The Balaban J connectivity index is 2.03. The number of benzene rings is 2. The third-order valence-corrected chi connectivity index (χ3v) is 3.02. The molecule has 1 heterocycles. The molecule has 100 valence electrons. The Hall–Kier alpha value is -2.40. The first-order chi connectivity index (χ1) is 9.63. The van der Waals surface area contributed by atoms with Gasteiger partial charge in [-0.15, -0.1) is 0 Å². The first-order valence-electron chi connectivity index (χ1n) is 5.88. The summed E-state index contributed by atoms with van der Waals surface area (Å²) in [5.41, 5.74) is 7.44. The lowest BCUT2D eigenvalue weighted by atomic mass is 10.3. The Morgan fingerprint density at radius 3 is 2.45 bits per heavy atom. The summed E-state index contributed by atoms with van der Waals surface area (Å²) in [6, 6.07) is 11.6. The van der Waals surface area contributed by atoms with Crippen molar-refractivity contribution in [1.29, 1.82) is 0 Å². The molecule has 0 saturated heterocycles. The first-order valence-corrected chi connectivity index (χ1v) is 6.25. The molecule has 6 heteroatoms. The van der Waals surface area contributed by atoms with Crippen LogP contribution in [0.3, 0.4) is 0 Å². The van der Waals surface area contributed by atoms with E-state index in [4.69, 9.17) is 17.3 Å². The van der Waals surface area contributed by atoms with E-state index in [-0.39, 0.29) is 11.5 Å². The lowest BCUT2D eigenvalue weighted by Gasteiger charge is -2.10. The summed E-state index contributed by atoms with van der Waals surface area (Å²) in [6.07, 6.45) is 0. The van der Waals surface area contributed by atoms with Crippen molar-refractivity contribution >= 4 is 40.0 Å². The zero-order chi connectivity index (χ0) is 14.1. The summed E-state index contributed by atoms with van der Waals surface area (Å²) >= 11 is 5.71. The molecule has 0 fully saturated rings. The number of hydrogen-bond donors (Lipinski definition) is 2. The number of nitrogens with zero attached hydrogens (tertiary/aromatic N) is 2. The third-order valence-electron chi connectivity index (χ3n) is 2.78. The van der Waals surface area contributed by atoms with Crippen molar-refractivity contribution in [3.8, 4) is 0 Å². The van der Waals surface area contributed by atoms with Gasteiger partial charge in [0.1, 0.15) is 5.82 Å². The summed E-state index contributed by atoms with van der Waals surface area (Å²) in [5.74, 6) is 0.0369. The van der Waals surface area contributed by atoms with Crippen molar-refractivity contribution in [2.45, 2.75) is 0 Å². The monoisotopic (exact) mass is 288 g/mol. The molecule has 3 rings (SSSR count). The van der Waals surface area contributed by atoms with E-state index in [0.29, 0.717) is 21.9 Å². The molecule has 3 N–H and O–H groups in total. The fourth-order valence-corrected chi connectivity index (χ4v) is 1.98. The number of fused-ring (bicyclic) bond motifs is 1. The molecule has 0 bridgehead atoms. The Kier molecular flexibility index (Phi) is 3.12. The van der Waals surface area contributed by atoms with Gasteiger partial charge >= 0.3 is 0 Å². The average molecular weight is 289 g/mol. The SMILES string of the molecule is Nc1nc2ccccc2nc1Nc1ccc(Cl)cc1F. The van der Waals surface area contributed by atoms with Crippen LogP contribution in [0.15, 0.2) is 42.5 Å². The molecule has 0 atom stereocenters. The molecule has 2 aromatic carbocycles. The summed E-state index contributed by atoms with van der Waals surface area (Å²) in [4.78, 5) is 8.56. The van der Waals surface area contributed by atoms with Crippen molar-refractivity contribution in [2.24, 2.45) is 0 Å². The van der Waals surface area contributed by atoms with Gasteiger partial charge in [-0.1, -0.05) is 23.7 Å². The number of rotatable bonds is 2. The van der Waals surface area contributed by atoms with Crippen molar-refractivity contribution in [1.82, 2.24) is 9.97 Å². The third kappa shape index (κ3) is 2.35. The molecule has 3 aromatic rings. The Morgan fingerprint density at radius 1 is 1.05 bits per heavy atom. The molecule has 0 aliphatic rings. The summed E-state index contributed by atoms with van der Waals surface area (Å²) in [6.45, 7) is 0. The minimum Gasteiger partial charge on any atom is -0.381 e. The maximum Gasteiger partial charge on any atom is 0.174 e. The van der Waals surface area contributed by atoms with Crippen molar-refractivity contribution < 1.29 is 4.39 Å². The van der Waals surface area contributed by atoms with Gasteiger partial charge < -0.3 is 11.1 Å². The first kappa shape index (κ1) is 12.6. The normalized spacial score (nSPS) is 10.7. The van der Waals surface area contributed by atoms with Gasteiger partial charge in [-0.3, -0.25) is 0 Å². The van der Waals surface area contributed by atoms with Crippen LogP contribution in [0.5, 0.6) is 0 Å². The molecule has 4 nitrogen and oxygen atoms in total. The molecule has 0 unspecified atom stereocenters. The molecular weight excluding hydrogens is 279 g/mol. The van der Waals surface area contributed by atoms with Crippen LogP contribution in [0.25, 0.3) is 11.0 Å². The molecule has 1 aromatic heterocycles. The average Bonchev–Trinajstić information content (AvgIpc) is 2.42. The van der Waals surface area contributed by atoms with E-state index in [2.05, 4.69) is 15.3 Å². The molecule has 0 aliphatic heterocycles. The number of para-hydroxylation sites is 2. The van der Waals surface area contributed by atoms with Crippen LogP contribution in [0.1, 0.15) is 0 Å². The Morgan fingerprint density at radius 2 is 1.75 bits per heavy atom. The highest BCUT2D eigenvalue weighted by molar-refractivity contribution is 6.30. The van der Waals surface area contributed by atoms with Crippen molar-refractivity contribution in [2.75, 3.05) is 11.1 Å². The van der Waals surface area contributed by atoms with Gasteiger partial charge in [-0.2, -0.15) is 0 Å². The fourth-order valence-electron chi connectivity index (χ4n) is 1.82. The molecule has 0 saturated carbocycles. The smallest absolute Gasteiger partial charge is 0.174 e. The second-order valence-corrected chi connectivity index (χ2v) is 4.63. The topological polar surface area (TPSA) is 63.8 Å². The van der Waals surface area contributed by atoms with Gasteiger partial charge in [0, 0.05) is 5.02 Å². The standard InChI is InChI=1S/C14H10ClFN4/c15-8-5-6-10(9(16)7-8)19-14-13(17)18-11-3-1-2-4-12(11)20-14/h1-7H,(H2,17,18)(H,19,20). The summed E-state index contributed by atoms with van der Waals surface area (Å²) < 4.78 is 13.7. The van der Waals surface area contributed by atoms with Crippen molar-refractivity contribution in [3.63, 3.8) is 0 Å². The molecule has 0 radical (unpaired) electrons. The van der Waals surface area contributed by atoms with E-state index >= 15 is 0 Å². The minimum atomic E-state index is -0.480. The van der Waals surface area contributed by atoms with Gasteiger partial charge in [0.2, 0.25) is 0 Å². The number of hydrogen-bond acceptors (Lipinski definition) is 4. The van der Waals surface area contributed by atoms with Crippen molar-refractivity contribution in [3.05, 3.63) is 53.3 Å². The maximum atomic E-state index is 13.7. The van der Waals surface area contributed by atoms with Gasteiger partial charge in [0.15, 0.2) is 11.6 Å². The molecule has 0 aliphatic carbocycles. The van der Waals surface area contributed by atoms with E-state index in [1.807, 2.05) is 24.3 Å². The van der Waals surface area contributed by atoms with Crippen LogP contribution in [0, 0.1) is 5.82 Å². The van der Waals surface area contributed by atoms with E-state index in [0.717, 1.165) is 0 Å². The minimum absolute atomic E-state index is 0.207. The highest BCUT2D eigenvalue weighted by atomic mass is 35.5. The zero-order valence-electron chi connectivity index (χ0n) is 10.3. The second-order valence-electron chi connectivity index (χ2n) is 4.20. The van der Waals surface area contributed by atoms with Crippen LogP contribution >= 0.6 is 11.6 Å². The fraction of sp³-hybridized carbons (Fsp3) is 0. The van der Waals surface area contributed by atoms with Crippen LogP contribution in [0.4, 0.5) is 21.7 Å². The van der Waals surface area contributed by atoms with E-state index in [1.54, 1.807) is 6.07 Å². The molecule has 0 spiro atoms. The quantitative estimate of drug-likeness (QED) is 0.754. The van der Waals surface area contributed by atoms with Gasteiger partial charge in [-0.25, -0.2) is 14.4 Å². The predicted molar refractivity (Wildman–Crippen MR) is 78.6 cm³/mol. The number of halogens is 2. The number of nitrogens with two attached hydrogens (primary N) is 1. The number of nitrogen functional groups attached to an aromatic ring is 1. The number of aromatic nitrogens is 2. The summed E-state index contributed by atoms with van der Waals surface area (Å²) in [7, 11) is 0. The van der Waals surface area contributed by atoms with Crippen LogP contribution < -0.4 is 11.1 Å². The van der Waals surface area contributed by atoms with E-state index in [9.17, 15) is 4.39 Å². The second kappa shape index (κ2) is 4.94. The van der Waals surface area contributed by atoms with E-state index in [1.165, 1.54) is 12.1 Å². The largest absolute Gasteiger partial charge is 0.381 e.